The van der Waals surface area contributed by atoms with Crippen LogP contribution in [0.2, 0.25) is 0 Å². The predicted octanol–water partition coefficient (Wildman–Crippen LogP) is 0.497. The zero-order valence-electron chi connectivity index (χ0n) is 16.6. The second-order valence-corrected chi connectivity index (χ2v) is 8.71. The van der Waals surface area contributed by atoms with Gasteiger partial charge in [-0.1, -0.05) is 11.3 Å². The molecule has 2 saturated carbocycles. The standard InChI is InChI=1S/C20H19FN6O3S/c1-22-17-13-18(26-12(25-17)6-4-9-3-5-11(21)31-9)27(8-24-13)14-10-7-20(10,19(30)23-2)16(29)15(14)28/h3,5,8,10,14-16,28-29H,7H2,1-2H3,(H,23,30)(H,22,25,26)/t10-,14-,15?,16-,20+/m1/s1. The highest BCUT2D eigenvalue weighted by Gasteiger charge is 2.75. The molecule has 31 heavy (non-hydrogen) atoms. The third kappa shape index (κ3) is 2.83. The first-order chi connectivity index (χ1) is 14.9. The van der Waals surface area contributed by atoms with E-state index in [2.05, 4.69) is 37.4 Å². The van der Waals surface area contributed by atoms with Crippen LogP contribution in [-0.2, 0) is 4.79 Å². The van der Waals surface area contributed by atoms with Gasteiger partial charge < -0.3 is 25.4 Å². The van der Waals surface area contributed by atoms with Crippen molar-refractivity contribution in [3.8, 4) is 11.8 Å². The van der Waals surface area contributed by atoms with Gasteiger partial charge in [-0.2, -0.15) is 4.39 Å². The highest BCUT2D eigenvalue weighted by molar-refractivity contribution is 7.10. The van der Waals surface area contributed by atoms with Crippen LogP contribution in [0.25, 0.3) is 11.2 Å². The molecule has 1 unspecified atom stereocenters. The number of amides is 1. The van der Waals surface area contributed by atoms with Crippen molar-refractivity contribution in [2.45, 2.75) is 24.7 Å². The maximum Gasteiger partial charge on any atom is 0.229 e. The number of imidazole rings is 1. The number of aromatic nitrogens is 4. The summed E-state index contributed by atoms with van der Waals surface area (Å²) in [4.78, 5) is 26.2. The topological polar surface area (TPSA) is 125 Å². The molecule has 2 fully saturated rings. The Morgan fingerprint density at radius 3 is 2.81 bits per heavy atom. The number of rotatable bonds is 3. The highest BCUT2D eigenvalue weighted by Crippen LogP contribution is 2.67. The van der Waals surface area contributed by atoms with E-state index in [1.807, 2.05) is 0 Å². The summed E-state index contributed by atoms with van der Waals surface area (Å²) in [6.45, 7) is 0. The van der Waals surface area contributed by atoms with Gasteiger partial charge in [0.1, 0.15) is 6.10 Å². The fourth-order valence-corrected chi connectivity index (χ4v) is 5.23. The molecule has 9 nitrogen and oxygen atoms in total. The molecular formula is C20H19FN6O3S. The summed E-state index contributed by atoms with van der Waals surface area (Å²) in [5.74, 6) is 5.81. The number of halogens is 1. The summed E-state index contributed by atoms with van der Waals surface area (Å²) in [5.41, 5.74) is -0.0907. The Morgan fingerprint density at radius 1 is 1.32 bits per heavy atom. The van der Waals surface area contributed by atoms with Crippen molar-refractivity contribution >= 4 is 34.2 Å². The van der Waals surface area contributed by atoms with Gasteiger partial charge in [-0.15, -0.1) is 0 Å². The van der Waals surface area contributed by atoms with E-state index in [4.69, 9.17) is 0 Å². The number of nitrogens with one attached hydrogen (secondary N) is 2. The van der Waals surface area contributed by atoms with Gasteiger partial charge in [-0.05, 0) is 30.4 Å². The normalized spacial score (nSPS) is 28.7. The number of anilines is 1. The summed E-state index contributed by atoms with van der Waals surface area (Å²) in [5, 5.41) is 26.6. The molecule has 5 atom stereocenters. The molecule has 3 aromatic rings. The lowest BCUT2D eigenvalue weighted by Crippen LogP contribution is -2.41. The molecule has 0 radical (unpaired) electrons. The first-order valence-electron chi connectivity index (χ1n) is 9.68. The Morgan fingerprint density at radius 2 is 2.13 bits per heavy atom. The van der Waals surface area contributed by atoms with Gasteiger partial charge >= 0.3 is 0 Å². The van der Waals surface area contributed by atoms with Gasteiger partial charge in [0.05, 0.1) is 28.8 Å². The largest absolute Gasteiger partial charge is 0.389 e. The number of carbonyl (C=O) groups is 1. The molecule has 0 aliphatic heterocycles. The number of fused-ring (bicyclic) bond motifs is 2. The minimum absolute atomic E-state index is 0.203. The SMILES string of the molecule is CNC(=O)[C@@]12C[C@@H]1[C@@H](n1cnc3c(NC)nc(C#Cc4ccc(F)s4)nc31)C(O)[C@H]2O. The summed E-state index contributed by atoms with van der Waals surface area (Å²) in [7, 11) is 3.21. The third-order valence-electron chi connectivity index (χ3n) is 6.17. The maximum absolute atomic E-state index is 13.2. The monoisotopic (exact) mass is 442 g/mol. The van der Waals surface area contributed by atoms with Crippen LogP contribution in [0.1, 0.15) is 23.2 Å². The van der Waals surface area contributed by atoms with E-state index in [-0.39, 0.29) is 22.8 Å². The molecule has 0 bridgehead atoms. The molecule has 0 spiro atoms. The number of aliphatic hydroxyl groups excluding tert-OH is 2. The smallest absolute Gasteiger partial charge is 0.229 e. The first kappa shape index (κ1) is 19.9. The van der Waals surface area contributed by atoms with Gasteiger partial charge in [-0.3, -0.25) is 4.79 Å². The lowest BCUT2D eigenvalue weighted by molar-refractivity contribution is -0.132. The van der Waals surface area contributed by atoms with Gasteiger partial charge in [0.2, 0.25) is 11.7 Å². The number of nitrogens with zero attached hydrogens (tertiary/aromatic N) is 4. The van der Waals surface area contributed by atoms with E-state index < -0.39 is 23.7 Å². The minimum atomic E-state index is -1.18. The molecule has 3 aromatic heterocycles. The zero-order valence-corrected chi connectivity index (χ0v) is 17.4. The number of aliphatic hydroxyl groups is 2. The van der Waals surface area contributed by atoms with Gasteiger partial charge in [0.15, 0.2) is 22.1 Å². The van der Waals surface area contributed by atoms with Crippen molar-refractivity contribution in [3.63, 3.8) is 0 Å². The number of hydrogen-bond donors (Lipinski definition) is 4. The maximum atomic E-state index is 13.2. The summed E-state index contributed by atoms with van der Waals surface area (Å²) >= 11 is 0.929. The van der Waals surface area contributed by atoms with E-state index >= 15 is 0 Å². The van der Waals surface area contributed by atoms with Crippen molar-refractivity contribution in [2.24, 2.45) is 11.3 Å². The second kappa shape index (κ2) is 6.98. The van der Waals surface area contributed by atoms with Crippen molar-refractivity contribution in [2.75, 3.05) is 19.4 Å². The third-order valence-corrected chi connectivity index (χ3v) is 6.96. The Hall–Kier alpha value is -3.07. The van der Waals surface area contributed by atoms with Crippen LogP contribution in [-0.4, -0.2) is 61.9 Å². The van der Waals surface area contributed by atoms with Crippen LogP contribution >= 0.6 is 11.3 Å². The number of thiophene rings is 1. The van der Waals surface area contributed by atoms with Gasteiger partial charge in [-0.25, -0.2) is 15.0 Å². The zero-order chi connectivity index (χ0) is 21.9. The van der Waals surface area contributed by atoms with Crippen molar-refractivity contribution in [1.29, 1.82) is 0 Å². The summed E-state index contributed by atoms with van der Waals surface area (Å²) in [6.07, 6.45) is -0.329. The molecule has 160 valence electrons. The van der Waals surface area contributed by atoms with Crippen molar-refractivity contribution in [1.82, 2.24) is 24.8 Å². The van der Waals surface area contributed by atoms with E-state index in [9.17, 15) is 19.4 Å². The molecule has 0 aromatic carbocycles. The van der Waals surface area contributed by atoms with E-state index in [0.29, 0.717) is 28.3 Å². The molecule has 5 rings (SSSR count). The fraction of sp³-hybridized carbons (Fsp3) is 0.400. The second-order valence-electron chi connectivity index (χ2n) is 7.68. The average Bonchev–Trinajstić information content (AvgIpc) is 3.02. The van der Waals surface area contributed by atoms with Crippen LogP contribution < -0.4 is 10.6 Å². The summed E-state index contributed by atoms with van der Waals surface area (Å²) < 4.78 is 14.9. The Balaban J connectivity index is 1.58. The summed E-state index contributed by atoms with van der Waals surface area (Å²) in [6, 6.07) is 2.36. The van der Waals surface area contributed by atoms with Crippen LogP contribution in [0.3, 0.4) is 0 Å². The average molecular weight is 442 g/mol. The van der Waals surface area contributed by atoms with Crippen LogP contribution in [0.5, 0.6) is 0 Å². The van der Waals surface area contributed by atoms with Crippen molar-refractivity contribution < 1.29 is 19.4 Å². The van der Waals surface area contributed by atoms with Crippen LogP contribution in [0.15, 0.2) is 18.5 Å². The fourth-order valence-electron chi connectivity index (χ4n) is 4.65. The van der Waals surface area contributed by atoms with Crippen LogP contribution in [0, 0.1) is 28.3 Å². The molecule has 2 aliphatic carbocycles. The molecule has 4 N–H and O–H groups in total. The number of hydrogen-bond acceptors (Lipinski definition) is 8. The molecule has 0 saturated heterocycles. The molecular weight excluding hydrogens is 423 g/mol. The quantitative estimate of drug-likeness (QED) is 0.435. The van der Waals surface area contributed by atoms with E-state index in [0.717, 1.165) is 11.3 Å². The Bertz CT molecular complexity index is 1260. The van der Waals surface area contributed by atoms with E-state index in [1.165, 1.54) is 19.4 Å². The lowest BCUT2D eigenvalue weighted by Gasteiger charge is -2.23. The molecule has 1 amide bonds. The predicted molar refractivity (Wildman–Crippen MR) is 111 cm³/mol. The molecule has 3 heterocycles. The first-order valence-corrected chi connectivity index (χ1v) is 10.5. The minimum Gasteiger partial charge on any atom is -0.389 e. The Labute approximate surface area is 180 Å². The van der Waals surface area contributed by atoms with E-state index in [1.54, 1.807) is 17.7 Å². The van der Waals surface area contributed by atoms with Crippen molar-refractivity contribution in [3.05, 3.63) is 34.3 Å². The molecule has 2 aliphatic rings. The number of carbonyl (C=O) groups excluding carboxylic acids is 1. The van der Waals surface area contributed by atoms with Gasteiger partial charge in [0.25, 0.3) is 0 Å². The Kier molecular flexibility index (Phi) is 4.47. The van der Waals surface area contributed by atoms with Gasteiger partial charge in [0, 0.05) is 20.0 Å². The lowest BCUT2D eigenvalue weighted by atomic mass is 9.98. The highest BCUT2D eigenvalue weighted by atomic mass is 32.1. The molecule has 11 heteroatoms. The van der Waals surface area contributed by atoms with Crippen LogP contribution in [0.4, 0.5) is 10.2 Å².